The third-order valence-electron chi connectivity index (χ3n) is 2.68. The van der Waals surface area contributed by atoms with E-state index in [1.807, 2.05) is 0 Å². The van der Waals surface area contributed by atoms with Crippen LogP contribution < -0.4 is 0 Å². The third kappa shape index (κ3) is 0.592. The van der Waals surface area contributed by atoms with Gasteiger partial charge in [-0.25, -0.2) is 0 Å². The van der Waals surface area contributed by atoms with Gasteiger partial charge in [-0.15, -0.1) is 0 Å². The lowest BCUT2D eigenvalue weighted by Crippen LogP contribution is -2.36. The molecule has 2 rings (SSSR count). The average Bonchev–Trinajstić information content (AvgIpc) is 2.36. The molecule has 3 heteroatoms. The van der Waals surface area contributed by atoms with Crippen molar-refractivity contribution >= 4 is 5.78 Å². The largest absolute Gasteiger partial charge is 0.390 e. The molecule has 2 fully saturated rings. The van der Waals surface area contributed by atoms with Crippen molar-refractivity contribution < 1.29 is 15.0 Å². The molecule has 0 amide bonds. The molecule has 0 unspecified atom stereocenters. The second-order valence-corrected chi connectivity index (χ2v) is 3.25. The Hall–Kier alpha value is -0.410. The van der Waals surface area contributed by atoms with Crippen molar-refractivity contribution in [3.05, 3.63) is 0 Å². The Labute approximate surface area is 58.7 Å². The number of ketones is 1. The molecule has 10 heavy (non-hydrogen) atoms. The zero-order chi connectivity index (χ0) is 7.30. The molecule has 0 spiro atoms. The Morgan fingerprint density at radius 3 is 2.40 bits per heavy atom. The molecule has 0 aromatic carbocycles. The molecule has 3 nitrogen and oxygen atoms in total. The molecule has 0 saturated heterocycles. The van der Waals surface area contributed by atoms with Gasteiger partial charge in [-0.05, 0) is 12.3 Å². The number of rotatable bonds is 0. The first kappa shape index (κ1) is 6.31. The van der Waals surface area contributed by atoms with Gasteiger partial charge in [-0.3, -0.25) is 4.79 Å². The number of aliphatic hydroxyl groups excluding tert-OH is 2. The fourth-order valence-corrected chi connectivity index (χ4v) is 2.06. The van der Waals surface area contributed by atoms with Crippen LogP contribution in [0, 0.1) is 11.8 Å². The van der Waals surface area contributed by atoms with Gasteiger partial charge in [0.15, 0.2) is 0 Å². The Kier molecular flexibility index (Phi) is 1.13. The summed E-state index contributed by atoms with van der Waals surface area (Å²) in [5.41, 5.74) is 0. The molecule has 2 saturated carbocycles. The lowest BCUT2D eigenvalue weighted by Gasteiger charge is -2.20. The smallest absolute Gasteiger partial charge is 0.139 e. The van der Waals surface area contributed by atoms with Gasteiger partial charge in [-0.1, -0.05) is 0 Å². The van der Waals surface area contributed by atoms with Gasteiger partial charge in [-0.2, -0.15) is 0 Å². The van der Waals surface area contributed by atoms with Crippen LogP contribution in [0.4, 0.5) is 0 Å². The molecular weight excluding hydrogens is 132 g/mol. The number of carbonyl (C=O) groups is 1. The maximum atomic E-state index is 10.9. The summed E-state index contributed by atoms with van der Waals surface area (Å²) in [5, 5.41) is 18.4. The molecule has 0 radical (unpaired) electrons. The minimum absolute atomic E-state index is 0.0486. The highest BCUT2D eigenvalue weighted by atomic mass is 16.3. The van der Waals surface area contributed by atoms with Crippen molar-refractivity contribution in [3.63, 3.8) is 0 Å². The van der Waals surface area contributed by atoms with Crippen LogP contribution in [0.1, 0.15) is 12.8 Å². The van der Waals surface area contributed by atoms with Gasteiger partial charge >= 0.3 is 0 Å². The van der Waals surface area contributed by atoms with E-state index in [1.165, 1.54) is 0 Å². The monoisotopic (exact) mass is 142 g/mol. The molecular formula is C7H10O3. The second-order valence-electron chi connectivity index (χ2n) is 3.25. The lowest BCUT2D eigenvalue weighted by atomic mass is 9.94. The van der Waals surface area contributed by atoms with Gasteiger partial charge in [0.1, 0.15) is 5.78 Å². The average molecular weight is 142 g/mol. The normalized spacial score (nSPS) is 52.4. The SMILES string of the molecule is O=C1C[C@H]2C[C@@H]1[C@@H](O)[C@H]2O. The molecule has 2 aliphatic carbocycles. The Morgan fingerprint density at radius 2 is 2.00 bits per heavy atom. The van der Waals surface area contributed by atoms with Gasteiger partial charge in [0.05, 0.1) is 12.2 Å². The Bertz CT molecular complexity index is 176. The first-order valence-corrected chi connectivity index (χ1v) is 3.59. The van der Waals surface area contributed by atoms with Crippen molar-refractivity contribution in [2.45, 2.75) is 25.0 Å². The highest BCUT2D eigenvalue weighted by molar-refractivity contribution is 5.85. The maximum absolute atomic E-state index is 10.9. The van der Waals surface area contributed by atoms with Crippen LogP contribution in [0.3, 0.4) is 0 Å². The molecule has 56 valence electrons. The third-order valence-corrected chi connectivity index (χ3v) is 2.68. The van der Waals surface area contributed by atoms with Gasteiger partial charge in [0, 0.05) is 12.3 Å². The van der Waals surface area contributed by atoms with Gasteiger partial charge in [0.25, 0.3) is 0 Å². The fraction of sp³-hybridized carbons (Fsp3) is 0.857. The van der Waals surface area contributed by atoms with E-state index >= 15 is 0 Å². The number of aliphatic hydroxyl groups is 2. The summed E-state index contributed by atoms with van der Waals surface area (Å²) in [7, 11) is 0. The first-order valence-electron chi connectivity index (χ1n) is 3.59. The molecule has 0 aliphatic heterocycles. The van der Waals surface area contributed by atoms with E-state index in [2.05, 4.69) is 0 Å². The lowest BCUT2D eigenvalue weighted by molar-refractivity contribution is -0.129. The summed E-state index contributed by atoms with van der Waals surface area (Å²) in [4.78, 5) is 10.9. The van der Waals surface area contributed by atoms with Crippen LogP contribution in [0.15, 0.2) is 0 Å². The van der Waals surface area contributed by atoms with E-state index in [9.17, 15) is 15.0 Å². The molecule has 2 bridgehead atoms. The quantitative estimate of drug-likeness (QED) is 0.471. The van der Waals surface area contributed by atoms with Crippen LogP contribution in [-0.4, -0.2) is 28.2 Å². The number of hydrogen-bond donors (Lipinski definition) is 2. The van der Waals surface area contributed by atoms with E-state index in [4.69, 9.17) is 0 Å². The molecule has 2 N–H and O–H groups in total. The molecule has 2 aliphatic rings. The summed E-state index contributed by atoms with van der Waals surface area (Å²) >= 11 is 0. The Balaban J connectivity index is 2.24. The minimum Gasteiger partial charge on any atom is -0.390 e. The Morgan fingerprint density at radius 1 is 1.30 bits per heavy atom. The van der Waals surface area contributed by atoms with Crippen LogP contribution >= 0.6 is 0 Å². The number of carbonyl (C=O) groups excluding carboxylic acids is 1. The molecule has 0 aromatic rings. The van der Waals surface area contributed by atoms with Crippen LogP contribution in [0.2, 0.25) is 0 Å². The van der Waals surface area contributed by atoms with Crippen molar-refractivity contribution in [1.29, 1.82) is 0 Å². The van der Waals surface area contributed by atoms with Crippen molar-refractivity contribution in [2.75, 3.05) is 0 Å². The topological polar surface area (TPSA) is 57.5 Å². The van der Waals surface area contributed by atoms with Crippen LogP contribution in [-0.2, 0) is 4.79 Å². The van der Waals surface area contributed by atoms with Crippen molar-refractivity contribution in [2.24, 2.45) is 11.8 Å². The summed E-state index contributed by atoms with van der Waals surface area (Å²) < 4.78 is 0. The summed E-state index contributed by atoms with van der Waals surface area (Å²) in [6.07, 6.45) is -0.238. The van der Waals surface area contributed by atoms with E-state index in [-0.39, 0.29) is 17.6 Å². The summed E-state index contributed by atoms with van der Waals surface area (Å²) in [5.74, 6) is -0.0738. The molecule has 0 aromatic heterocycles. The first-order chi connectivity index (χ1) is 4.70. The summed E-state index contributed by atoms with van der Waals surface area (Å²) in [6, 6.07) is 0. The fourth-order valence-electron chi connectivity index (χ4n) is 2.06. The zero-order valence-electron chi connectivity index (χ0n) is 5.53. The minimum atomic E-state index is -0.772. The molecule has 0 heterocycles. The predicted molar refractivity (Wildman–Crippen MR) is 33.2 cm³/mol. The number of hydrogen-bond acceptors (Lipinski definition) is 3. The van der Waals surface area contributed by atoms with E-state index in [0.717, 1.165) is 0 Å². The second kappa shape index (κ2) is 1.80. The van der Waals surface area contributed by atoms with Crippen molar-refractivity contribution in [3.8, 4) is 0 Å². The highest BCUT2D eigenvalue weighted by Crippen LogP contribution is 2.42. The maximum Gasteiger partial charge on any atom is 0.139 e. The van der Waals surface area contributed by atoms with E-state index in [1.54, 1.807) is 0 Å². The highest BCUT2D eigenvalue weighted by Gasteiger charge is 2.51. The zero-order valence-corrected chi connectivity index (χ0v) is 5.53. The summed E-state index contributed by atoms with van der Waals surface area (Å²) in [6.45, 7) is 0. The van der Waals surface area contributed by atoms with Gasteiger partial charge < -0.3 is 10.2 Å². The van der Waals surface area contributed by atoms with E-state index < -0.39 is 12.2 Å². The van der Waals surface area contributed by atoms with Crippen LogP contribution in [0.5, 0.6) is 0 Å². The van der Waals surface area contributed by atoms with E-state index in [0.29, 0.717) is 12.8 Å². The van der Waals surface area contributed by atoms with Crippen molar-refractivity contribution in [1.82, 2.24) is 0 Å². The van der Waals surface area contributed by atoms with Crippen LogP contribution in [0.25, 0.3) is 0 Å². The number of fused-ring (bicyclic) bond motifs is 2. The predicted octanol–water partition coefficient (Wildman–Crippen LogP) is -0.683. The van der Waals surface area contributed by atoms with Gasteiger partial charge in [0.2, 0.25) is 0 Å². The number of Topliss-reactive ketones (excluding diaryl/α,β-unsaturated/α-hetero) is 1. The molecule has 4 atom stereocenters. The standard InChI is InChI=1S/C7H10O3/c8-5-2-3-1-4(5)7(10)6(3)9/h3-4,6-7,9-10H,1-2H2/t3-,4+,6+,7-/m1/s1.